The summed E-state index contributed by atoms with van der Waals surface area (Å²) >= 11 is 21.7. The van der Waals surface area contributed by atoms with Crippen LogP contribution in [0.1, 0.15) is 125 Å². The van der Waals surface area contributed by atoms with Crippen LogP contribution in [0.4, 0.5) is 0 Å². The first-order chi connectivity index (χ1) is 58.5. The predicted molar refractivity (Wildman–Crippen MR) is 476 cm³/mol. The van der Waals surface area contributed by atoms with Crippen molar-refractivity contribution in [3.8, 4) is 22.3 Å². The van der Waals surface area contributed by atoms with Crippen molar-refractivity contribution in [2.24, 2.45) is 11.8 Å². The zero-order valence-corrected chi connectivity index (χ0v) is 73.9. The summed E-state index contributed by atoms with van der Waals surface area (Å²) in [6.07, 6.45) is 7.31. The predicted octanol–water partition coefficient (Wildman–Crippen LogP) is 13.7. The third-order valence-electron chi connectivity index (χ3n) is 21.9. The van der Waals surface area contributed by atoms with Crippen molar-refractivity contribution in [2.45, 2.75) is 159 Å². The van der Waals surface area contributed by atoms with Gasteiger partial charge in [-0.15, -0.1) is 0 Å². The quantitative estimate of drug-likeness (QED) is 0.0331. The van der Waals surface area contributed by atoms with Gasteiger partial charge in [0.2, 0.25) is 11.8 Å². The summed E-state index contributed by atoms with van der Waals surface area (Å²) in [6, 6.07) is 52.4. The second kappa shape index (κ2) is 44.4. The van der Waals surface area contributed by atoms with Gasteiger partial charge in [0, 0.05) is 158 Å². The summed E-state index contributed by atoms with van der Waals surface area (Å²) in [6.45, 7) is 5.44. The third kappa shape index (κ3) is 26.1. The summed E-state index contributed by atoms with van der Waals surface area (Å²) in [7, 11) is 0. The van der Waals surface area contributed by atoms with Crippen LogP contribution in [0.5, 0.6) is 0 Å². The van der Waals surface area contributed by atoms with E-state index >= 15 is 0 Å². The molecular weight excluding hydrogens is 1850 g/mol. The zero-order chi connectivity index (χ0) is 87.3. The lowest BCUT2D eigenvalue weighted by molar-refractivity contribution is -0.138. The van der Waals surface area contributed by atoms with Crippen LogP contribution in [0, 0.1) is 26.2 Å². The molecule has 4 saturated heterocycles. The summed E-state index contributed by atoms with van der Waals surface area (Å²) in [5.41, 5.74) is 9.31. The van der Waals surface area contributed by atoms with E-state index in [1.807, 2.05) is 167 Å². The molecule has 0 unspecified atom stereocenters. The minimum Gasteiger partial charge on any atom is -0.391 e. The van der Waals surface area contributed by atoms with Crippen molar-refractivity contribution in [3.63, 3.8) is 0 Å². The molecule has 0 radical (unpaired) electrons. The number of aryl methyl sites for hydroxylation is 3. The van der Waals surface area contributed by atoms with Crippen LogP contribution < -0.4 is 0 Å². The van der Waals surface area contributed by atoms with Gasteiger partial charge in [-0.2, -0.15) is 0 Å². The maximum atomic E-state index is 13.4. The van der Waals surface area contributed by atoms with Crippen molar-refractivity contribution in [1.29, 1.82) is 0 Å². The fourth-order valence-electron chi connectivity index (χ4n) is 15.5. The molecule has 8 heterocycles. The molecule has 0 saturated carbocycles. The number of carbonyl (C=O) groups excluding carboxylic acids is 10. The lowest BCUT2D eigenvalue weighted by Crippen LogP contribution is -2.42. The number of β-amino-alcohol motifs (C(OH)–C–C–N with tert-alkyl or cyclic N) is 4. The average molecular weight is 1940 g/mol. The Morgan fingerprint density at radius 3 is 1.16 bits per heavy atom. The number of aliphatic hydroxyl groups is 4. The SMILES string of the molecule is CC(=O)[C@H](CC(=O)[C@@H]1C[C@@H](O)CN1C(=O)Cc1cc(I)no1)Cc1ccc(C)cc1.CC(=O)[C@H](CC(=O)[C@@H]1C[C@@H](O)CN1C(=O)Cc1cc(I)no1)Cc1ccc(Cl)cc1.O=C(CCc1ccc(Cl)cc1)[C@@H]1C[C@@H](O)CN1C(=O)c1ccccc1-c1cccnc1.O=C(CCc1ccc(Cl)cc1)[C@@H]1C[C@@H](O)CN1C(=O)c1ccccc1-c1ccncc1. The topological polar surface area (TPSA) is 342 Å². The minimum absolute atomic E-state index is 0.0132. The largest absolute Gasteiger partial charge is 0.391 e. The number of nitrogens with zero attached hydrogens (tertiary/aromatic N) is 8. The number of benzene rings is 6. The molecule has 29 heteroatoms. The van der Waals surface area contributed by atoms with E-state index in [2.05, 4.69) is 20.3 Å². The molecule has 4 fully saturated rings. The van der Waals surface area contributed by atoms with Crippen molar-refractivity contribution in [1.82, 2.24) is 39.9 Å². The van der Waals surface area contributed by atoms with Crippen molar-refractivity contribution < 1.29 is 77.4 Å². The lowest BCUT2D eigenvalue weighted by Gasteiger charge is -2.24. The highest BCUT2D eigenvalue weighted by atomic mass is 127. The third-order valence-corrected chi connectivity index (χ3v) is 23.7. The molecule has 636 valence electrons. The van der Waals surface area contributed by atoms with Gasteiger partial charge < -0.3 is 49.1 Å². The van der Waals surface area contributed by atoms with Crippen LogP contribution in [0.25, 0.3) is 22.3 Å². The molecule has 24 nitrogen and oxygen atoms in total. The Bertz CT molecular complexity index is 4970. The van der Waals surface area contributed by atoms with Gasteiger partial charge in [-0.3, -0.25) is 57.9 Å². The molecule has 122 heavy (non-hydrogen) atoms. The van der Waals surface area contributed by atoms with E-state index in [0.717, 1.165) is 50.1 Å². The van der Waals surface area contributed by atoms with Gasteiger partial charge in [-0.25, -0.2) is 0 Å². The number of likely N-dealkylation sites (tertiary alicyclic amines) is 4. The summed E-state index contributed by atoms with van der Waals surface area (Å²) < 4.78 is 11.5. The Kier molecular flexibility index (Phi) is 33.8. The van der Waals surface area contributed by atoms with Gasteiger partial charge >= 0.3 is 0 Å². The number of Topliss-reactive ketones (excluding diaryl/α,β-unsaturated/α-hetero) is 6. The number of hydrogen-bond donors (Lipinski definition) is 4. The molecule has 4 aliphatic rings. The molecule has 0 aliphatic carbocycles. The van der Waals surface area contributed by atoms with Crippen LogP contribution in [0.2, 0.25) is 15.1 Å². The Morgan fingerprint density at radius 2 is 0.787 bits per heavy atom. The zero-order valence-electron chi connectivity index (χ0n) is 67.3. The molecule has 0 bridgehead atoms. The first kappa shape index (κ1) is 92.8. The molecule has 4 amide bonds. The van der Waals surface area contributed by atoms with Crippen LogP contribution in [0.15, 0.2) is 216 Å². The molecule has 4 N–H and O–H groups in total. The van der Waals surface area contributed by atoms with Gasteiger partial charge in [0.15, 0.2) is 23.1 Å². The first-order valence-corrected chi connectivity index (χ1v) is 43.3. The summed E-state index contributed by atoms with van der Waals surface area (Å²) in [5.74, 6) is -1.88. The summed E-state index contributed by atoms with van der Waals surface area (Å²) in [4.78, 5) is 143. The van der Waals surface area contributed by atoms with Crippen LogP contribution in [-0.4, -0.2) is 193 Å². The molecule has 4 aliphatic heterocycles. The molecule has 4 aromatic heterocycles. The van der Waals surface area contributed by atoms with Gasteiger partial charge in [0.05, 0.1) is 61.4 Å². The Balaban J connectivity index is 0.000000159. The number of aliphatic hydroxyl groups excluding tert-OH is 4. The van der Waals surface area contributed by atoms with Crippen molar-refractivity contribution in [3.05, 3.63) is 280 Å². The van der Waals surface area contributed by atoms with E-state index in [9.17, 15) is 68.4 Å². The van der Waals surface area contributed by atoms with Gasteiger partial charge in [-0.1, -0.05) is 154 Å². The van der Waals surface area contributed by atoms with E-state index in [0.29, 0.717) is 83.6 Å². The van der Waals surface area contributed by atoms with Gasteiger partial charge in [0.1, 0.15) is 30.5 Å². The Morgan fingerprint density at radius 1 is 0.426 bits per heavy atom. The molecule has 14 rings (SSSR count). The molecule has 6 aromatic carbocycles. The van der Waals surface area contributed by atoms with E-state index < -0.39 is 60.4 Å². The van der Waals surface area contributed by atoms with E-state index in [-0.39, 0.29) is 136 Å². The molecule has 10 atom stereocenters. The monoisotopic (exact) mass is 1940 g/mol. The number of rotatable bonds is 28. The highest BCUT2D eigenvalue weighted by molar-refractivity contribution is 14.1. The maximum absolute atomic E-state index is 13.4. The molecule has 10 aromatic rings. The second-order valence-corrected chi connectivity index (χ2v) is 34.5. The minimum atomic E-state index is -0.773. The number of carbonyl (C=O) groups is 10. The van der Waals surface area contributed by atoms with Crippen molar-refractivity contribution >= 4 is 138 Å². The summed E-state index contributed by atoms with van der Waals surface area (Å²) in [5, 5.41) is 50.1. The average Bonchev–Trinajstić information content (AvgIpc) is 1.68. The van der Waals surface area contributed by atoms with E-state index in [1.54, 1.807) is 91.5 Å². The highest BCUT2D eigenvalue weighted by Crippen LogP contribution is 2.34. The Labute approximate surface area is 749 Å². The van der Waals surface area contributed by atoms with E-state index in [4.69, 9.17) is 43.8 Å². The Hall–Kier alpha value is -9.89. The van der Waals surface area contributed by atoms with Gasteiger partial charge in [-0.05, 0) is 197 Å². The standard InChI is InChI=1S/2C25H23ClN2O3.C22H25IN2O5.C21H22ClIN2O5/c26-19-10-7-17(8-11-19)9-12-24(30)23-14-20(29)16-28(23)25(31)22-6-2-1-5-21(22)18-4-3-13-27-15-18;26-19-8-5-17(6-9-19)7-10-24(30)23-15-20(29)16-28(23)25(31)22-4-2-1-3-21(22)18-11-13-27-14-12-18;1-13-3-5-15(6-4-13)7-16(14(2)26)8-20(28)19-9-17(27)12-25(19)22(29)11-18-10-21(23)24-30-18;1-12(26)14(6-13-2-4-15(22)5-3-13)7-19(28)18-8-16(27)11-25(18)21(29)10-17-9-20(23)24-30-17/h1-8,10-11,13,15,20,23,29H,9,12,14,16H2;1-6,8-9,11-14,20,23,29H,7,10,15-16H2;3-6,10,16-17,19,27H,7-9,11-12H2,1-2H3;2-5,9,14,16,18,27H,6-8,10-11H2,1H3/t2*20-,23+;16-,17+,19-;14-,16+,18-/m1100/s1. The number of aromatic nitrogens is 4. The number of amides is 4. The highest BCUT2D eigenvalue weighted by Gasteiger charge is 2.44. The fourth-order valence-corrected chi connectivity index (χ4v) is 16.8. The maximum Gasteiger partial charge on any atom is 0.255 e. The van der Waals surface area contributed by atoms with Gasteiger partial charge in [0.25, 0.3) is 11.8 Å². The smallest absolute Gasteiger partial charge is 0.255 e. The molecular formula is C93H93Cl3I2N8O16. The molecule has 0 spiro atoms. The second-order valence-electron chi connectivity index (χ2n) is 30.9. The number of pyridine rings is 2. The number of ketones is 6. The first-order valence-electron chi connectivity index (χ1n) is 40.1. The van der Waals surface area contributed by atoms with Crippen LogP contribution in [-0.2, 0) is 76.9 Å². The normalized spacial score (nSPS) is 18.9. The van der Waals surface area contributed by atoms with Crippen LogP contribution >= 0.6 is 80.0 Å². The van der Waals surface area contributed by atoms with Crippen LogP contribution in [0.3, 0.4) is 0 Å². The van der Waals surface area contributed by atoms with E-state index in [1.165, 1.54) is 33.4 Å². The number of hydrogen-bond acceptors (Lipinski definition) is 20. The fraction of sp³-hybridized carbons (Fsp3) is 0.333. The van der Waals surface area contributed by atoms with Crippen molar-refractivity contribution in [2.75, 3.05) is 26.2 Å². The lowest BCUT2D eigenvalue weighted by atomic mass is 9.88. The number of halogens is 5.